The highest BCUT2D eigenvalue weighted by Gasteiger charge is 2.12. The Labute approximate surface area is 177 Å². The predicted molar refractivity (Wildman–Crippen MR) is 121 cm³/mol. The molecule has 0 amide bonds. The standard InChI is InChI=1S/C24H31N3O3/c1-25(16-14-18-9-5-6-11-23(18)30-4)15-8-7-10-22(28)19-12-13-20-21(17-19)27(3)24(29)26(20)2/h5-6,9,11-13,17H,7-8,10,14-16H2,1-4H3. The van der Waals surface area contributed by atoms with Gasteiger partial charge in [0.1, 0.15) is 5.75 Å². The summed E-state index contributed by atoms with van der Waals surface area (Å²) in [5.41, 5.74) is 3.45. The van der Waals surface area contributed by atoms with Gasteiger partial charge >= 0.3 is 5.69 Å². The molecule has 0 aliphatic carbocycles. The molecule has 0 aliphatic heterocycles. The number of nitrogens with zero attached hydrogens (tertiary/aromatic N) is 3. The molecule has 0 unspecified atom stereocenters. The second-order valence-electron chi connectivity index (χ2n) is 7.85. The van der Waals surface area contributed by atoms with Crippen LogP contribution in [0.5, 0.6) is 5.75 Å². The number of aromatic nitrogens is 2. The molecule has 1 aromatic heterocycles. The third-order valence-electron chi connectivity index (χ3n) is 5.74. The Bertz CT molecular complexity index is 1080. The lowest BCUT2D eigenvalue weighted by Gasteiger charge is -2.17. The first-order chi connectivity index (χ1) is 14.4. The molecule has 1 heterocycles. The van der Waals surface area contributed by atoms with Crippen molar-refractivity contribution < 1.29 is 9.53 Å². The van der Waals surface area contributed by atoms with Gasteiger partial charge in [0.05, 0.1) is 18.1 Å². The molecule has 0 spiro atoms. The van der Waals surface area contributed by atoms with Gasteiger partial charge in [-0.25, -0.2) is 4.79 Å². The third-order valence-corrected chi connectivity index (χ3v) is 5.74. The minimum absolute atomic E-state index is 0.0780. The van der Waals surface area contributed by atoms with Gasteiger partial charge in [-0.1, -0.05) is 18.2 Å². The van der Waals surface area contributed by atoms with Crippen molar-refractivity contribution in [1.82, 2.24) is 14.0 Å². The van der Waals surface area contributed by atoms with E-state index in [2.05, 4.69) is 18.0 Å². The number of carbonyl (C=O) groups is 1. The Morgan fingerprint density at radius 1 is 1.00 bits per heavy atom. The molecular formula is C24H31N3O3. The maximum atomic E-state index is 12.6. The van der Waals surface area contributed by atoms with Gasteiger partial charge in [-0.3, -0.25) is 13.9 Å². The van der Waals surface area contributed by atoms with Gasteiger partial charge in [0.25, 0.3) is 0 Å². The summed E-state index contributed by atoms with van der Waals surface area (Å²) in [6.45, 7) is 1.90. The maximum absolute atomic E-state index is 12.6. The lowest BCUT2D eigenvalue weighted by atomic mass is 10.0. The van der Waals surface area contributed by atoms with Gasteiger partial charge in [0.2, 0.25) is 0 Å². The number of ketones is 1. The summed E-state index contributed by atoms with van der Waals surface area (Å²) in [5.74, 6) is 1.06. The van der Waals surface area contributed by atoms with Gasteiger partial charge in [-0.05, 0) is 62.7 Å². The fraction of sp³-hybridized carbons (Fsp3) is 0.417. The maximum Gasteiger partial charge on any atom is 0.328 e. The molecule has 30 heavy (non-hydrogen) atoms. The molecule has 0 N–H and O–H groups in total. The molecule has 3 aromatic rings. The van der Waals surface area contributed by atoms with Crippen molar-refractivity contribution >= 4 is 16.8 Å². The van der Waals surface area contributed by atoms with Crippen LogP contribution in [0.2, 0.25) is 0 Å². The highest BCUT2D eigenvalue weighted by molar-refractivity contribution is 5.98. The largest absolute Gasteiger partial charge is 0.496 e. The number of unbranched alkanes of at least 4 members (excludes halogenated alkanes) is 1. The van der Waals surface area contributed by atoms with Gasteiger partial charge in [0.15, 0.2) is 5.78 Å². The van der Waals surface area contributed by atoms with Crippen LogP contribution in [-0.2, 0) is 20.5 Å². The van der Waals surface area contributed by atoms with E-state index in [1.54, 1.807) is 30.3 Å². The molecule has 0 atom stereocenters. The van der Waals surface area contributed by atoms with E-state index in [9.17, 15) is 9.59 Å². The SMILES string of the molecule is COc1ccccc1CCN(C)CCCCC(=O)c1ccc2c(c1)n(C)c(=O)n2C. The van der Waals surface area contributed by atoms with E-state index in [1.165, 1.54) is 5.56 Å². The first-order valence-electron chi connectivity index (χ1n) is 10.4. The number of hydrogen-bond donors (Lipinski definition) is 0. The lowest BCUT2D eigenvalue weighted by molar-refractivity contribution is 0.0978. The molecule has 0 radical (unpaired) electrons. The second kappa shape index (κ2) is 9.76. The van der Waals surface area contributed by atoms with Crippen molar-refractivity contribution in [2.75, 3.05) is 27.2 Å². The molecule has 2 aromatic carbocycles. The van der Waals surface area contributed by atoms with E-state index in [0.29, 0.717) is 12.0 Å². The zero-order chi connectivity index (χ0) is 21.7. The molecule has 0 bridgehead atoms. The summed E-state index contributed by atoms with van der Waals surface area (Å²) in [6, 6.07) is 13.6. The number of hydrogen-bond acceptors (Lipinski definition) is 4. The van der Waals surface area contributed by atoms with Crippen LogP contribution in [0, 0.1) is 0 Å². The lowest BCUT2D eigenvalue weighted by Crippen LogP contribution is -2.22. The fourth-order valence-electron chi connectivity index (χ4n) is 3.82. The van der Waals surface area contributed by atoms with Gasteiger partial charge in [0, 0.05) is 32.6 Å². The first-order valence-corrected chi connectivity index (χ1v) is 10.4. The van der Waals surface area contributed by atoms with Crippen LogP contribution < -0.4 is 10.4 Å². The number of rotatable bonds is 10. The highest BCUT2D eigenvalue weighted by atomic mass is 16.5. The van der Waals surface area contributed by atoms with Gasteiger partial charge < -0.3 is 9.64 Å². The predicted octanol–water partition coefficient (Wildman–Crippen LogP) is 3.41. The van der Waals surface area contributed by atoms with Crippen molar-refractivity contribution in [3.05, 3.63) is 64.1 Å². The summed E-state index contributed by atoms with van der Waals surface area (Å²) in [5, 5.41) is 0. The molecule has 0 fully saturated rings. The van der Waals surface area contributed by atoms with E-state index in [0.717, 1.165) is 49.1 Å². The normalized spacial score (nSPS) is 11.4. The quantitative estimate of drug-likeness (QED) is 0.380. The number of imidazole rings is 1. The Balaban J connectivity index is 1.46. The number of aryl methyl sites for hydroxylation is 2. The molecule has 0 aliphatic rings. The smallest absolute Gasteiger partial charge is 0.328 e. The molecule has 3 rings (SSSR count). The van der Waals surface area contributed by atoms with Crippen LogP contribution in [0.1, 0.15) is 35.2 Å². The molecule has 0 saturated heterocycles. The molecule has 160 valence electrons. The summed E-state index contributed by atoms with van der Waals surface area (Å²) in [7, 11) is 7.30. The Morgan fingerprint density at radius 2 is 1.73 bits per heavy atom. The Hall–Kier alpha value is -2.86. The van der Waals surface area contributed by atoms with Crippen LogP contribution in [0.3, 0.4) is 0 Å². The molecule has 6 heteroatoms. The van der Waals surface area contributed by atoms with E-state index in [4.69, 9.17) is 4.74 Å². The van der Waals surface area contributed by atoms with Crippen molar-refractivity contribution in [2.45, 2.75) is 25.7 Å². The van der Waals surface area contributed by atoms with Gasteiger partial charge in [-0.2, -0.15) is 0 Å². The van der Waals surface area contributed by atoms with Crippen molar-refractivity contribution in [2.24, 2.45) is 14.1 Å². The summed E-state index contributed by atoms with van der Waals surface area (Å²) in [4.78, 5) is 26.9. The summed E-state index contributed by atoms with van der Waals surface area (Å²) < 4.78 is 8.60. The highest BCUT2D eigenvalue weighted by Crippen LogP contribution is 2.18. The third kappa shape index (κ3) is 4.82. The van der Waals surface area contributed by atoms with E-state index in [1.807, 2.05) is 36.4 Å². The second-order valence-corrected chi connectivity index (χ2v) is 7.85. The summed E-state index contributed by atoms with van der Waals surface area (Å²) >= 11 is 0. The minimum atomic E-state index is -0.0780. The molecule has 6 nitrogen and oxygen atoms in total. The number of ether oxygens (including phenoxy) is 1. The Morgan fingerprint density at radius 3 is 2.50 bits per heavy atom. The van der Waals surface area contributed by atoms with Crippen molar-refractivity contribution in [1.29, 1.82) is 0 Å². The topological polar surface area (TPSA) is 56.5 Å². The van der Waals surface area contributed by atoms with Crippen molar-refractivity contribution in [3.63, 3.8) is 0 Å². The fourth-order valence-corrected chi connectivity index (χ4v) is 3.82. The number of methoxy groups -OCH3 is 1. The first kappa shape index (κ1) is 21.8. The number of fused-ring (bicyclic) bond motifs is 1. The average Bonchev–Trinajstić information content (AvgIpc) is 2.98. The average molecular weight is 410 g/mol. The number of para-hydroxylation sites is 1. The van der Waals surface area contributed by atoms with Crippen LogP contribution >= 0.6 is 0 Å². The minimum Gasteiger partial charge on any atom is -0.496 e. The van der Waals surface area contributed by atoms with Crippen molar-refractivity contribution in [3.8, 4) is 5.75 Å². The number of benzene rings is 2. The number of likely N-dealkylation sites (N-methyl/N-ethyl adjacent to an activating group) is 1. The number of Topliss-reactive ketones (excluding diaryl/α,β-unsaturated/α-hetero) is 1. The monoisotopic (exact) mass is 409 g/mol. The van der Waals surface area contributed by atoms with E-state index >= 15 is 0 Å². The van der Waals surface area contributed by atoms with Crippen LogP contribution in [0.15, 0.2) is 47.3 Å². The zero-order valence-corrected chi connectivity index (χ0v) is 18.4. The molecular weight excluding hydrogens is 378 g/mol. The summed E-state index contributed by atoms with van der Waals surface area (Å²) in [6.07, 6.45) is 3.28. The Kier molecular flexibility index (Phi) is 7.11. The van der Waals surface area contributed by atoms with Crippen LogP contribution in [0.4, 0.5) is 0 Å². The van der Waals surface area contributed by atoms with Crippen LogP contribution in [-0.4, -0.2) is 47.1 Å². The van der Waals surface area contributed by atoms with Gasteiger partial charge in [-0.15, -0.1) is 0 Å². The van der Waals surface area contributed by atoms with E-state index in [-0.39, 0.29) is 11.5 Å². The van der Waals surface area contributed by atoms with Crippen LogP contribution in [0.25, 0.3) is 11.0 Å². The zero-order valence-electron chi connectivity index (χ0n) is 18.4. The number of carbonyl (C=O) groups excluding carboxylic acids is 1. The molecule has 0 saturated carbocycles. The van der Waals surface area contributed by atoms with E-state index < -0.39 is 0 Å².